The van der Waals surface area contributed by atoms with Crippen LogP contribution in [0.1, 0.15) is 104 Å². The molecule has 0 spiro atoms. The maximum Gasteiger partial charge on any atom is 0.0950 e. The van der Waals surface area contributed by atoms with Gasteiger partial charge in [-0.25, -0.2) is 4.68 Å². The lowest BCUT2D eigenvalue weighted by Crippen LogP contribution is -2.24. The van der Waals surface area contributed by atoms with Gasteiger partial charge in [-0.3, -0.25) is 0 Å². The van der Waals surface area contributed by atoms with Crippen molar-refractivity contribution < 1.29 is 0 Å². The maximum atomic E-state index is 5.65. The SMILES string of the molecule is CC(C)c1cccc(C(C)C)c1-c1c(C(C)(C)C)nn(-c2ccc3c4ccccc4n(-c4cccc(N5CN(C)c6ccccc65)c4)c3c2)c1C(C)(C)C. The van der Waals surface area contributed by atoms with E-state index in [0.29, 0.717) is 11.8 Å². The fourth-order valence-electron chi connectivity index (χ4n) is 8.67. The van der Waals surface area contributed by atoms with Crippen LogP contribution in [-0.4, -0.2) is 28.1 Å². The lowest BCUT2D eigenvalue weighted by Gasteiger charge is -2.28. The first-order valence-electron chi connectivity index (χ1n) is 19.6. The van der Waals surface area contributed by atoms with E-state index in [4.69, 9.17) is 5.10 Å². The van der Waals surface area contributed by atoms with E-state index in [2.05, 4.69) is 205 Å². The van der Waals surface area contributed by atoms with Gasteiger partial charge in [0.25, 0.3) is 0 Å². The van der Waals surface area contributed by atoms with Gasteiger partial charge < -0.3 is 14.4 Å². The minimum absolute atomic E-state index is 0.180. The van der Waals surface area contributed by atoms with Gasteiger partial charge in [-0.15, -0.1) is 0 Å². The molecule has 0 saturated carbocycles. The van der Waals surface area contributed by atoms with E-state index in [0.717, 1.165) is 23.7 Å². The van der Waals surface area contributed by atoms with Gasteiger partial charge in [0, 0.05) is 45.6 Å². The van der Waals surface area contributed by atoms with Crippen LogP contribution in [0.4, 0.5) is 17.1 Å². The minimum Gasteiger partial charge on any atom is -0.355 e. The highest BCUT2D eigenvalue weighted by molar-refractivity contribution is 6.09. The van der Waals surface area contributed by atoms with Crippen molar-refractivity contribution in [2.45, 2.75) is 91.9 Å². The first-order chi connectivity index (χ1) is 25.6. The number of rotatable bonds is 6. The minimum atomic E-state index is -0.195. The molecule has 0 saturated heterocycles. The largest absolute Gasteiger partial charge is 0.355 e. The second kappa shape index (κ2) is 12.9. The molecule has 1 aliphatic heterocycles. The molecule has 0 amide bonds. The number of benzene rings is 5. The Hall–Kier alpha value is -5.29. The molecule has 0 aliphatic carbocycles. The van der Waals surface area contributed by atoms with Crippen molar-refractivity contribution in [2.75, 3.05) is 23.5 Å². The van der Waals surface area contributed by atoms with Crippen LogP contribution in [0, 0.1) is 0 Å². The average Bonchev–Trinajstić information content (AvgIpc) is 3.81. The summed E-state index contributed by atoms with van der Waals surface area (Å²) in [5.74, 6) is 0.750. The summed E-state index contributed by atoms with van der Waals surface area (Å²) in [5, 5.41) is 8.13. The van der Waals surface area contributed by atoms with Crippen molar-refractivity contribution in [3.63, 3.8) is 0 Å². The third-order valence-electron chi connectivity index (χ3n) is 11.2. The summed E-state index contributed by atoms with van der Waals surface area (Å²) in [5.41, 5.74) is 15.7. The molecule has 276 valence electrons. The Morgan fingerprint density at radius 1 is 0.556 bits per heavy atom. The third-order valence-corrected chi connectivity index (χ3v) is 11.2. The quantitative estimate of drug-likeness (QED) is 0.172. The Labute approximate surface area is 321 Å². The normalized spacial score (nSPS) is 13.6. The summed E-state index contributed by atoms with van der Waals surface area (Å²) in [4.78, 5) is 4.73. The van der Waals surface area contributed by atoms with E-state index in [1.54, 1.807) is 0 Å². The Balaban J connectivity index is 1.39. The fourth-order valence-corrected chi connectivity index (χ4v) is 8.67. The highest BCUT2D eigenvalue weighted by atomic mass is 15.4. The lowest BCUT2D eigenvalue weighted by atomic mass is 9.76. The molecule has 1 aliphatic rings. The molecule has 0 bridgehead atoms. The number of hydrogen-bond acceptors (Lipinski definition) is 3. The van der Waals surface area contributed by atoms with Crippen molar-refractivity contribution in [2.24, 2.45) is 0 Å². The van der Waals surface area contributed by atoms with Gasteiger partial charge in [0.1, 0.15) is 0 Å². The summed E-state index contributed by atoms with van der Waals surface area (Å²) in [6.07, 6.45) is 0. The van der Waals surface area contributed by atoms with Gasteiger partial charge in [-0.2, -0.15) is 5.10 Å². The van der Waals surface area contributed by atoms with E-state index >= 15 is 0 Å². The van der Waals surface area contributed by atoms with Crippen LogP contribution in [-0.2, 0) is 10.8 Å². The molecule has 0 unspecified atom stereocenters. The van der Waals surface area contributed by atoms with Gasteiger partial charge in [-0.1, -0.05) is 130 Å². The smallest absolute Gasteiger partial charge is 0.0950 e. The molecule has 0 fully saturated rings. The Kier molecular flexibility index (Phi) is 8.56. The molecule has 5 aromatic carbocycles. The van der Waals surface area contributed by atoms with Crippen LogP contribution in [0.5, 0.6) is 0 Å². The van der Waals surface area contributed by atoms with Crippen LogP contribution in [0.15, 0.2) is 109 Å². The number of anilines is 3. The van der Waals surface area contributed by atoms with Crippen molar-refractivity contribution in [3.05, 3.63) is 132 Å². The highest BCUT2D eigenvalue weighted by Crippen LogP contribution is 2.47. The van der Waals surface area contributed by atoms with Crippen LogP contribution in [0.25, 0.3) is 44.3 Å². The summed E-state index contributed by atoms with van der Waals surface area (Å²) in [6, 6.07) is 40.4. The fraction of sp³-hybridized carbons (Fsp3) is 0.327. The molecule has 5 heteroatoms. The molecular weight excluding hydrogens is 659 g/mol. The number of hydrogen-bond donors (Lipinski definition) is 0. The average molecular weight is 714 g/mol. The molecule has 0 N–H and O–H groups in total. The molecule has 0 atom stereocenters. The Morgan fingerprint density at radius 3 is 1.83 bits per heavy atom. The van der Waals surface area contributed by atoms with Crippen molar-refractivity contribution in [1.29, 1.82) is 0 Å². The first kappa shape index (κ1) is 35.7. The van der Waals surface area contributed by atoms with Crippen LogP contribution >= 0.6 is 0 Å². The molecule has 8 rings (SSSR count). The molecule has 0 radical (unpaired) electrons. The standard InChI is InChI=1S/C49H55N5/c1-31(2)36-21-17-22-37(32(3)4)44(36)45-46(48(5,6)7)50-54(47(45)49(8,9)10)35-26-27-39-38-20-12-13-23-40(38)53(43(39)29-35)34-19-16-18-33(28-34)52-30-51(11)41-24-14-15-25-42(41)52/h12-29,31-32H,30H2,1-11H3. The number of para-hydroxylation sites is 3. The van der Waals surface area contributed by atoms with Crippen LogP contribution in [0.3, 0.4) is 0 Å². The number of nitrogens with zero attached hydrogens (tertiary/aromatic N) is 5. The third kappa shape index (κ3) is 5.80. The zero-order chi connectivity index (χ0) is 38.3. The van der Waals surface area contributed by atoms with E-state index < -0.39 is 0 Å². The zero-order valence-electron chi connectivity index (χ0n) is 34.0. The van der Waals surface area contributed by atoms with Gasteiger partial charge in [0.2, 0.25) is 0 Å². The van der Waals surface area contributed by atoms with Crippen molar-refractivity contribution >= 4 is 38.9 Å². The summed E-state index contributed by atoms with van der Waals surface area (Å²) in [7, 11) is 2.17. The second-order valence-electron chi connectivity index (χ2n) is 17.9. The first-order valence-corrected chi connectivity index (χ1v) is 19.6. The van der Waals surface area contributed by atoms with E-state index in [-0.39, 0.29) is 10.8 Å². The van der Waals surface area contributed by atoms with Crippen molar-refractivity contribution in [3.8, 4) is 22.5 Å². The predicted molar refractivity (Wildman–Crippen MR) is 231 cm³/mol. The zero-order valence-corrected chi connectivity index (χ0v) is 34.0. The van der Waals surface area contributed by atoms with E-state index in [9.17, 15) is 0 Å². The summed E-state index contributed by atoms with van der Waals surface area (Å²) in [6.45, 7) is 24.1. The molecular formula is C49H55N5. The van der Waals surface area contributed by atoms with Crippen molar-refractivity contribution in [1.82, 2.24) is 14.3 Å². The Morgan fingerprint density at radius 2 is 1.17 bits per heavy atom. The lowest BCUT2D eigenvalue weighted by molar-refractivity contribution is 0.537. The summed E-state index contributed by atoms with van der Waals surface area (Å²) < 4.78 is 4.73. The molecule has 2 aromatic heterocycles. The Bertz CT molecular complexity index is 2500. The predicted octanol–water partition coefficient (Wildman–Crippen LogP) is 13.0. The van der Waals surface area contributed by atoms with Crippen LogP contribution in [0.2, 0.25) is 0 Å². The number of fused-ring (bicyclic) bond motifs is 4. The maximum absolute atomic E-state index is 5.65. The van der Waals surface area contributed by atoms with E-state index in [1.807, 2.05) is 0 Å². The molecule has 3 heterocycles. The van der Waals surface area contributed by atoms with Gasteiger partial charge in [-0.05, 0) is 77.1 Å². The molecule has 7 aromatic rings. The molecule has 5 nitrogen and oxygen atoms in total. The summed E-state index contributed by atoms with van der Waals surface area (Å²) >= 11 is 0. The van der Waals surface area contributed by atoms with E-state index in [1.165, 1.54) is 66.8 Å². The highest BCUT2D eigenvalue weighted by Gasteiger charge is 2.36. The van der Waals surface area contributed by atoms with Gasteiger partial charge in [0.15, 0.2) is 0 Å². The molecule has 54 heavy (non-hydrogen) atoms. The number of aromatic nitrogens is 3. The van der Waals surface area contributed by atoms with Crippen LogP contribution < -0.4 is 9.80 Å². The van der Waals surface area contributed by atoms with Gasteiger partial charge >= 0.3 is 0 Å². The monoisotopic (exact) mass is 713 g/mol. The second-order valence-corrected chi connectivity index (χ2v) is 17.9. The van der Waals surface area contributed by atoms with Gasteiger partial charge in [0.05, 0.1) is 46.2 Å². The topological polar surface area (TPSA) is 29.2 Å².